The third-order valence-electron chi connectivity index (χ3n) is 2.81. The summed E-state index contributed by atoms with van der Waals surface area (Å²) in [7, 11) is 0. The second kappa shape index (κ2) is 3.81. The summed E-state index contributed by atoms with van der Waals surface area (Å²) in [5.41, 5.74) is 6.28. The molecule has 1 amide bonds. The Morgan fingerprint density at radius 2 is 2.47 bits per heavy atom. The van der Waals surface area contributed by atoms with Crippen LogP contribution in [0.4, 0.5) is 5.13 Å². The molecule has 5 heteroatoms. The zero-order valence-electron chi connectivity index (χ0n) is 8.75. The van der Waals surface area contributed by atoms with Crippen LogP contribution < -0.4 is 11.1 Å². The van der Waals surface area contributed by atoms with Gasteiger partial charge >= 0.3 is 0 Å². The Labute approximate surface area is 92.9 Å². The first-order valence-electron chi connectivity index (χ1n) is 5.08. The third kappa shape index (κ3) is 2.47. The van der Waals surface area contributed by atoms with Crippen molar-refractivity contribution in [3.8, 4) is 0 Å². The minimum Gasteiger partial charge on any atom is -0.375 e. The summed E-state index contributed by atoms with van der Waals surface area (Å²) in [5, 5.41) is 5.39. The molecule has 1 aliphatic rings. The predicted octanol–water partition coefficient (Wildman–Crippen LogP) is 1.33. The van der Waals surface area contributed by atoms with Crippen molar-refractivity contribution in [2.45, 2.75) is 38.1 Å². The molecule has 0 bridgehead atoms. The van der Waals surface area contributed by atoms with Crippen LogP contribution in [0.1, 0.15) is 31.9 Å². The zero-order valence-corrected chi connectivity index (χ0v) is 9.56. The molecule has 3 N–H and O–H groups in total. The number of nitrogens with one attached hydrogen (secondary N) is 1. The van der Waals surface area contributed by atoms with Crippen molar-refractivity contribution in [2.75, 3.05) is 5.73 Å². The monoisotopic (exact) mass is 225 g/mol. The first-order chi connectivity index (χ1) is 7.07. The van der Waals surface area contributed by atoms with Crippen molar-refractivity contribution < 1.29 is 4.79 Å². The fourth-order valence-corrected chi connectivity index (χ4v) is 2.34. The number of nitrogens with two attached hydrogens (primary N) is 1. The number of nitrogen functional groups attached to an aromatic ring is 1. The van der Waals surface area contributed by atoms with Crippen LogP contribution in [-0.4, -0.2) is 16.4 Å². The molecule has 1 aromatic heterocycles. The first kappa shape index (κ1) is 10.4. The number of carbonyl (C=O) groups is 1. The average molecular weight is 225 g/mol. The van der Waals surface area contributed by atoms with Gasteiger partial charge in [-0.15, -0.1) is 11.3 Å². The van der Waals surface area contributed by atoms with E-state index in [1.165, 1.54) is 17.8 Å². The molecule has 0 spiro atoms. The lowest BCUT2D eigenvalue weighted by molar-refractivity contribution is -0.123. The van der Waals surface area contributed by atoms with E-state index in [-0.39, 0.29) is 11.4 Å². The Morgan fingerprint density at radius 1 is 1.73 bits per heavy atom. The van der Waals surface area contributed by atoms with Gasteiger partial charge in [-0.2, -0.15) is 0 Å². The van der Waals surface area contributed by atoms with Gasteiger partial charge < -0.3 is 11.1 Å². The molecule has 82 valence electrons. The van der Waals surface area contributed by atoms with Crippen LogP contribution in [-0.2, 0) is 11.2 Å². The molecule has 0 radical (unpaired) electrons. The molecule has 0 unspecified atom stereocenters. The Kier molecular flexibility index (Phi) is 2.65. The number of amides is 1. The minimum absolute atomic E-state index is 0.0264. The number of hydrogen-bond donors (Lipinski definition) is 2. The van der Waals surface area contributed by atoms with E-state index in [1.807, 2.05) is 5.38 Å². The van der Waals surface area contributed by atoms with Crippen LogP contribution in [0.5, 0.6) is 0 Å². The molecule has 1 aromatic rings. The summed E-state index contributed by atoms with van der Waals surface area (Å²) in [6.45, 7) is 2.09. The highest BCUT2D eigenvalue weighted by Gasteiger charge is 2.32. The van der Waals surface area contributed by atoms with Gasteiger partial charge in [-0.25, -0.2) is 4.98 Å². The molecular formula is C10H15N3OS. The summed E-state index contributed by atoms with van der Waals surface area (Å²) < 4.78 is 0. The summed E-state index contributed by atoms with van der Waals surface area (Å²) in [4.78, 5) is 15.7. The molecule has 0 aromatic carbocycles. The van der Waals surface area contributed by atoms with Gasteiger partial charge in [0.15, 0.2) is 5.13 Å². The van der Waals surface area contributed by atoms with Gasteiger partial charge in [-0.1, -0.05) is 0 Å². The summed E-state index contributed by atoms with van der Waals surface area (Å²) in [5.74, 6) is 0.0440. The SMILES string of the molecule is CC1(NC(=O)Cc2csc(N)n2)CCC1. The van der Waals surface area contributed by atoms with Gasteiger partial charge in [0.05, 0.1) is 12.1 Å². The van der Waals surface area contributed by atoms with Gasteiger partial charge in [0, 0.05) is 10.9 Å². The van der Waals surface area contributed by atoms with E-state index < -0.39 is 0 Å². The molecule has 0 aliphatic heterocycles. The van der Waals surface area contributed by atoms with Gasteiger partial charge in [0.2, 0.25) is 5.91 Å². The lowest BCUT2D eigenvalue weighted by Crippen LogP contribution is -2.51. The lowest BCUT2D eigenvalue weighted by Gasteiger charge is -2.39. The number of rotatable bonds is 3. The van der Waals surface area contributed by atoms with E-state index >= 15 is 0 Å². The Balaban J connectivity index is 1.87. The van der Waals surface area contributed by atoms with Crippen molar-refractivity contribution in [1.29, 1.82) is 0 Å². The quantitative estimate of drug-likeness (QED) is 0.815. The summed E-state index contributed by atoms with van der Waals surface area (Å²) >= 11 is 1.37. The number of aromatic nitrogens is 1. The molecule has 0 atom stereocenters. The molecule has 0 saturated heterocycles. The topological polar surface area (TPSA) is 68.0 Å². The molecule has 1 fully saturated rings. The molecule has 15 heavy (non-hydrogen) atoms. The summed E-state index contributed by atoms with van der Waals surface area (Å²) in [6, 6.07) is 0. The van der Waals surface area contributed by atoms with E-state index in [0.29, 0.717) is 11.6 Å². The molecule has 2 rings (SSSR count). The van der Waals surface area contributed by atoms with Gasteiger partial charge in [-0.05, 0) is 26.2 Å². The maximum atomic E-state index is 11.6. The Bertz CT molecular complexity index is 370. The number of carbonyl (C=O) groups excluding carboxylic acids is 1. The fraction of sp³-hybridized carbons (Fsp3) is 0.600. The van der Waals surface area contributed by atoms with Crippen LogP contribution in [0.15, 0.2) is 5.38 Å². The van der Waals surface area contributed by atoms with Gasteiger partial charge in [0.1, 0.15) is 0 Å². The first-order valence-corrected chi connectivity index (χ1v) is 5.96. The van der Waals surface area contributed by atoms with Crippen LogP contribution >= 0.6 is 11.3 Å². The van der Waals surface area contributed by atoms with Crippen LogP contribution in [0.3, 0.4) is 0 Å². The van der Waals surface area contributed by atoms with Crippen molar-refractivity contribution in [3.05, 3.63) is 11.1 Å². The van der Waals surface area contributed by atoms with Crippen molar-refractivity contribution in [1.82, 2.24) is 10.3 Å². The Morgan fingerprint density at radius 3 is 2.93 bits per heavy atom. The highest BCUT2D eigenvalue weighted by Crippen LogP contribution is 2.30. The fourth-order valence-electron chi connectivity index (χ4n) is 1.78. The number of thiazole rings is 1. The average Bonchev–Trinajstić information content (AvgIpc) is 2.48. The zero-order chi connectivity index (χ0) is 10.9. The van der Waals surface area contributed by atoms with E-state index in [0.717, 1.165) is 18.5 Å². The molecule has 1 heterocycles. The molecule has 4 nitrogen and oxygen atoms in total. The van der Waals surface area contributed by atoms with Crippen molar-refractivity contribution in [3.63, 3.8) is 0 Å². The highest BCUT2D eigenvalue weighted by molar-refractivity contribution is 7.13. The van der Waals surface area contributed by atoms with E-state index in [1.54, 1.807) is 0 Å². The standard InChI is InChI=1S/C10H15N3OS/c1-10(3-2-4-10)13-8(14)5-7-6-15-9(11)12-7/h6H,2-5H2,1H3,(H2,11,12)(H,13,14). The van der Waals surface area contributed by atoms with Crippen molar-refractivity contribution in [2.24, 2.45) is 0 Å². The number of nitrogens with zero attached hydrogens (tertiary/aromatic N) is 1. The molecular weight excluding hydrogens is 210 g/mol. The molecule has 1 aliphatic carbocycles. The number of anilines is 1. The van der Waals surface area contributed by atoms with Crippen LogP contribution in [0.2, 0.25) is 0 Å². The van der Waals surface area contributed by atoms with E-state index in [4.69, 9.17) is 5.73 Å². The normalized spacial score (nSPS) is 18.2. The maximum Gasteiger partial charge on any atom is 0.226 e. The Hall–Kier alpha value is -1.10. The highest BCUT2D eigenvalue weighted by atomic mass is 32.1. The van der Waals surface area contributed by atoms with Crippen LogP contribution in [0.25, 0.3) is 0 Å². The van der Waals surface area contributed by atoms with Crippen molar-refractivity contribution >= 4 is 22.4 Å². The second-order valence-electron chi connectivity index (χ2n) is 4.32. The van der Waals surface area contributed by atoms with E-state index in [2.05, 4.69) is 17.2 Å². The second-order valence-corrected chi connectivity index (χ2v) is 5.21. The largest absolute Gasteiger partial charge is 0.375 e. The third-order valence-corrected chi connectivity index (χ3v) is 3.53. The smallest absolute Gasteiger partial charge is 0.226 e. The summed E-state index contributed by atoms with van der Waals surface area (Å²) in [6.07, 6.45) is 3.71. The number of hydrogen-bond acceptors (Lipinski definition) is 4. The van der Waals surface area contributed by atoms with Crippen LogP contribution in [0, 0.1) is 0 Å². The maximum absolute atomic E-state index is 11.6. The lowest BCUT2D eigenvalue weighted by atomic mass is 9.78. The molecule has 1 saturated carbocycles. The van der Waals surface area contributed by atoms with E-state index in [9.17, 15) is 4.79 Å². The minimum atomic E-state index is 0.0264. The predicted molar refractivity (Wildman–Crippen MR) is 60.6 cm³/mol. The van der Waals surface area contributed by atoms with Gasteiger partial charge in [0.25, 0.3) is 0 Å². The van der Waals surface area contributed by atoms with Gasteiger partial charge in [-0.3, -0.25) is 4.79 Å².